The summed E-state index contributed by atoms with van der Waals surface area (Å²) in [5.41, 5.74) is 0.620. The van der Waals surface area contributed by atoms with Crippen molar-refractivity contribution >= 4 is 28.2 Å². The first-order valence-electron chi connectivity index (χ1n) is 7.96. The molecule has 25 heavy (non-hydrogen) atoms. The molecule has 1 aromatic carbocycles. The Balaban J connectivity index is 0.00000312. The Kier molecular flexibility index (Phi) is 8.75. The van der Waals surface area contributed by atoms with Gasteiger partial charge in [-0.15, -0.1) is 12.4 Å². The van der Waals surface area contributed by atoms with E-state index in [1.54, 1.807) is 0 Å². The molecule has 0 aromatic heterocycles. The fraction of sp³-hybridized carbons (Fsp3) is 0.562. The van der Waals surface area contributed by atoms with E-state index >= 15 is 0 Å². The van der Waals surface area contributed by atoms with Gasteiger partial charge in [0.05, 0.1) is 5.75 Å². The first-order valence-corrected chi connectivity index (χ1v) is 9.67. The third-order valence-electron chi connectivity index (χ3n) is 4.09. The van der Waals surface area contributed by atoms with Crippen molar-refractivity contribution < 1.29 is 22.0 Å². The van der Waals surface area contributed by atoms with Crippen LogP contribution < -0.4 is 10.6 Å². The van der Waals surface area contributed by atoms with Crippen LogP contribution in [0.4, 0.5) is 8.78 Å². The van der Waals surface area contributed by atoms with Crippen molar-refractivity contribution in [2.75, 3.05) is 19.6 Å². The maximum Gasteiger partial charge on any atom is 0.337 e. The second kappa shape index (κ2) is 10.0. The summed E-state index contributed by atoms with van der Waals surface area (Å²) >= 11 is 0. The standard InChI is InChI=1S/C16H22F2N2O3S.ClH/c17-16(18)24(22,23)11-13-3-5-14(6-4-13)15(21)20-9-7-12-2-1-8-19-10-12;/h3-6,12,16,19H,1-2,7-11H2,(H,20,21);1H. The third kappa shape index (κ3) is 6.87. The van der Waals surface area contributed by atoms with E-state index in [-0.39, 0.29) is 23.9 Å². The lowest BCUT2D eigenvalue weighted by molar-refractivity contribution is 0.0950. The Morgan fingerprint density at radius 3 is 2.52 bits per heavy atom. The summed E-state index contributed by atoms with van der Waals surface area (Å²) in [4.78, 5) is 12.0. The molecule has 142 valence electrons. The number of benzene rings is 1. The summed E-state index contributed by atoms with van der Waals surface area (Å²) in [6.07, 6.45) is 3.22. The van der Waals surface area contributed by atoms with Gasteiger partial charge in [-0.25, -0.2) is 8.42 Å². The van der Waals surface area contributed by atoms with E-state index in [0.717, 1.165) is 32.4 Å². The largest absolute Gasteiger partial charge is 0.352 e. The van der Waals surface area contributed by atoms with Crippen molar-refractivity contribution in [1.82, 2.24) is 10.6 Å². The Hall–Kier alpha value is -1.25. The minimum absolute atomic E-state index is 0. The number of rotatable bonds is 7. The van der Waals surface area contributed by atoms with E-state index in [1.807, 2.05) is 0 Å². The van der Waals surface area contributed by atoms with Gasteiger partial charge in [-0.2, -0.15) is 8.78 Å². The van der Waals surface area contributed by atoms with E-state index in [0.29, 0.717) is 18.0 Å². The number of amides is 1. The highest BCUT2D eigenvalue weighted by atomic mass is 35.5. The predicted octanol–water partition coefficient (Wildman–Crippen LogP) is 2.37. The Labute approximate surface area is 152 Å². The number of halogens is 3. The molecule has 1 fully saturated rings. The molecule has 1 amide bonds. The van der Waals surface area contributed by atoms with Gasteiger partial charge in [-0.05, 0) is 56.0 Å². The second-order valence-electron chi connectivity index (χ2n) is 6.02. The number of carbonyl (C=O) groups is 1. The third-order valence-corrected chi connectivity index (χ3v) is 5.37. The van der Waals surface area contributed by atoms with Crippen LogP contribution in [0.3, 0.4) is 0 Å². The molecule has 1 aromatic rings. The van der Waals surface area contributed by atoms with Crippen LogP contribution in [0.2, 0.25) is 0 Å². The first-order chi connectivity index (χ1) is 11.4. The molecule has 9 heteroatoms. The number of sulfone groups is 1. The van der Waals surface area contributed by atoms with Gasteiger partial charge >= 0.3 is 5.76 Å². The minimum atomic E-state index is -4.45. The molecule has 5 nitrogen and oxygen atoms in total. The van der Waals surface area contributed by atoms with E-state index in [4.69, 9.17) is 0 Å². The number of piperidine rings is 1. The van der Waals surface area contributed by atoms with Crippen LogP contribution in [0.15, 0.2) is 24.3 Å². The number of hydrogen-bond donors (Lipinski definition) is 2. The van der Waals surface area contributed by atoms with Crippen LogP contribution in [-0.2, 0) is 15.6 Å². The van der Waals surface area contributed by atoms with Gasteiger partial charge in [-0.1, -0.05) is 12.1 Å². The molecule has 0 saturated carbocycles. The molecular formula is C16H23ClF2N2O3S. The lowest BCUT2D eigenvalue weighted by Crippen LogP contribution is -2.33. The highest BCUT2D eigenvalue weighted by molar-refractivity contribution is 7.90. The normalized spacial score (nSPS) is 17.8. The number of carbonyl (C=O) groups excluding carboxylic acids is 1. The smallest absolute Gasteiger partial charge is 0.337 e. The Morgan fingerprint density at radius 1 is 1.28 bits per heavy atom. The van der Waals surface area contributed by atoms with Crippen LogP contribution in [0, 0.1) is 5.92 Å². The van der Waals surface area contributed by atoms with Gasteiger partial charge in [0.1, 0.15) is 0 Å². The fourth-order valence-electron chi connectivity index (χ4n) is 2.71. The number of nitrogens with one attached hydrogen (secondary N) is 2. The van der Waals surface area contributed by atoms with Crippen molar-refractivity contribution in [3.8, 4) is 0 Å². The monoisotopic (exact) mass is 396 g/mol. The van der Waals surface area contributed by atoms with Crippen molar-refractivity contribution in [2.24, 2.45) is 5.92 Å². The second-order valence-corrected chi connectivity index (χ2v) is 7.99. The maximum absolute atomic E-state index is 12.3. The molecule has 1 atom stereocenters. The molecule has 1 saturated heterocycles. The molecule has 1 unspecified atom stereocenters. The average molecular weight is 397 g/mol. The Morgan fingerprint density at radius 2 is 1.96 bits per heavy atom. The summed E-state index contributed by atoms with van der Waals surface area (Å²) in [5, 5.41) is 6.15. The predicted molar refractivity (Wildman–Crippen MR) is 94.9 cm³/mol. The molecule has 0 spiro atoms. The lowest BCUT2D eigenvalue weighted by Gasteiger charge is -2.22. The molecule has 0 bridgehead atoms. The SMILES string of the molecule is Cl.O=C(NCCC1CCCNC1)c1ccc(CS(=O)(=O)C(F)F)cc1. The number of hydrogen-bond acceptors (Lipinski definition) is 4. The van der Waals surface area contributed by atoms with E-state index in [1.165, 1.54) is 24.3 Å². The van der Waals surface area contributed by atoms with Gasteiger partial charge in [0.25, 0.3) is 5.91 Å². The van der Waals surface area contributed by atoms with Crippen LogP contribution in [0.1, 0.15) is 35.2 Å². The van der Waals surface area contributed by atoms with E-state index < -0.39 is 21.3 Å². The molecule has 1 aliphatic heterocycles. The average Bonchev–Trinajstić information content (AvgIpc) is 2.56. The molecule has 2 N–H and O–H groups in total. The fourth-order valence-corrected chi connectivity index (χ4v) is 3.49. The topological polar surface area (TPSA) is 75.3 Å². The van der Waals surface area contributed by atoms with Crippen molar-refractivity contribution in [1.29, 1.82) is 0 Å². The summed E-state index contributed by atoms with van der Waals surface area (Å²) in [5.74, 6) is -3.81. The van der Waals surface area contributed by atoms with Crippen LogP contribution in [0.5, 0.6) is 0 Å². The lowest BCUT2D eigenvalue weighted by atomic mass is 9.96. The van der Waals surface area contributed by atoms with Gasteiger partial charge in [0.2, 0.25) is 9.84 Å². The number of alkyl halides is 2. The first kappa shape index (κ1) is 21.8. The van der Waals surface area contributed by atoms with Crippen molar-refractivity contribution in [2.45, 2.75) is 30.8 Å². The molecular weight excluding hydrogens is 374 g/mol. The van der Waals surface area contributed by atoms with Gasteiger partial charge in [0.15, 0.2) is 0 Å². The molecule has 1 heterocycles. The van der Waals surface area contributed by atoms with E-state index in [2.05, 4.69) is 10.6 Å². The maximum atomic E-state index is 12.3. The van der Waals surface area contributed by atoms with Crippen LogP contribution >= 0.6 is 12.4 Å². The molecule has 0 radical (unpaired) electrons. The zero-order valence-electron chi connectivity index (χ0n) is 13.7. The molecule has 1 aliphatic rings. The highest BCUT2D eigenvalue weighted by Gasteiger charge is 2.24. The van der Waals surface area contributed by atoms with E-state index in [9.17, 15) is 22.0 Å². The van der Waals surface area contributed by atoms with Gasteiger partial charge in [0, 0.05) is 12.1 Å². The van der Waals surface area contributed by atoms with Crippen molar-refractivity contribution in [3.63, 3.8) is 0 Å². The Bertz CT molecular complexity index is 648. The van der Waals surface area contributed by atoms with Crippen LogP contribution in [-0.4, -0.2) is 39.7 Å². The summed E-state index contributed by atoms with van der Waals surface area (Å²) in [6, 6.07) is 5.68. The molecule has 0 aliphatic carbocycles. The van der Waals surface area contributed by atoms with Crippen molar-refractivity contribution in [3.05, 3.63) is 35.4 Å². The summed E-state index contributed by atoms with van der Waals surface area (Å²) in [7, 11) is -4.45. The quantitative estimate of drug-likeness (QED) is 0.742. The van der Waals surface area contributed by atoms with Crippen LogP contribution in [0.25, 0.3) is 0 Å². The zero-order chi connectivity index (χ0) is 17.6. The summed E-state index contributed by atoms with van der Waals surface area (Å²) in [6.45, 7) is 2.60. The molecule has 2 rings (SSSR count). The summed E-state index contributed by atoms with van der Waals surface area (Å²) < 4.78 is 47.0. The van der Waals surface area contributed by atoms with Gasteiger partial charge < -0.3 is 10.6 Å². The van der Waals surface area contributed by atoms with Gasteiger partial charge in [-0.3, -0.25) is 4.79 Å². The highest BCUT2D eigenvalue weighted by Crippen LogP contribution is 2.15. The minimum Gasteiger partial charge on any atom is -0.352 e. The zero-order valence-corrected chi connectivity index (χ0v) is 15.3.